The highest BCUT2D eigenvalue weighted by atomic mass is 127. The van der Waals surface area contributed by atoms with Crippen LogP contribution in [0.3, 0.4) is 0 Å². The molecule has 0 aliphatic rings. The third-order valence-corrected chi connectivity index (χ3v) is 1.40. The molecular formula is C7H10INO2. The fraction of sp³-hybridized carbons (Fsp3) is 0.571. The van der Waals surface area contributed by atoms with Crippen molar-refractivity contribution in [2.45, 2.75) is 19.4 Å². The van der Waals surface area contributed by atoms with Gasteiger partial charge in [-0.25, -0.2) is 0 Å². The lowest BCUT2D eigenvalue weighted by molar-refractivity contribution is -0.116. The number of hydrogen-bond acceptors (Lipinski definition) is 2. The number of hydrogen-bond donors (Lipinski definition) is 2. The molecule has 0 aromatic rings. The van der Waals surface area contributed by atoms with Gasteiger partial charge in [0.15, 0.2) is 0 Å². The first-order valence-electron chi connectivity index (χ1n) is 3.28. The molecule has 0 aromatic heterocycles. The molecule has 0 heterocycles. The SMILES string of the molecule is CCC(O)CNC(=O)C#CI. The summed E-state index contributed by atoms with van der Waals surface area (Å²) in [6.07, 6.45) is 0.174. The van der Waals surface area contributed by atoms with Gasteiger partial charge in [0, 0.05) is 35.1 Å². The Morgan fingerprint density at radius 2 is 2.45 bits per heavy atom. The Kier molecular flexibility index (Phi) is 6.27. The van der Waals surface area contributed by atoms with E-state index in [-0.39, 0.29) is 12.5 Å². The summed E-state index contributed by atoms with van der Waals surface area (Å²) in [7, 11) is 0. The number of aliphatic hydroxyl groups is 1. The largest absolute Gasteiger partial charge is 0.391 e. The zero-order chi connectivity index (χ0) is 8.69. The number of carbonyl (C=O) groups is 1. The maximum Gasteiger partial charge on any atom is 0.296 e. The molecule has 0 aliphatic heterocycles. The summed E-state index contributed by atoms with van der Waals surface area (Å²) in [5, 5.41) is 11.5. The Hall–Kier alpha value is -0.280. The molecule has 0 radical (unpaired) electrons. The zero-order valence-corrected chi connectivity index (χ0v) is 8.38. The van der Waals surface area contributed by atoms with Crippen LogP contribution in [0.5, 0.6) is 0 Å². The third-order valence-electron chi connectivity index (χ3n) is 1.13. The second-order valence-electron chi connectivity index (χ2n) is 1.99. The number of rotatable bonds is 3. The van der Waals surface area contributed by atoms with Gasteiger partial charge in [0.1, 0.15) is 0 Å². The Morgan fingerprint density at radius 3 is 2.91 bits per heavy atom. The number of nitrogens with one attached hydrogen (secondary N) is 1. The minimum atomic E-state index is -0.463. The summed E-state index contributed by atoms with van der Waals surface area (Å²) in [6.45, 7) is 2.13. The van der Waals surface area contributed by atoms with Crippen LogP contribution in [0.15, 0.2) is 0 Å². The Morgan fingerprint density at radius 1 is 1.82 bits per heavy atom. The molecule has 4 heteroatoms. The van der Waals surface area contributed by atoms with Crippen molar-refractivity contribution in [3.8, 4) is 9.85 Å². The van der Waals surface area contributed by atoms with Gasteiger partial charge >= 0.3 is 0 Å². The van der Waals surface area contributed by atoms with Crippen molar-refractivity contribution in [2.24, 2.45) is 0 Å². The smallest absolute Gasteiger partial charge is 0.296 e. The predicted octanol–water partition coefficient (Wildman–Crippen LogP) is 0.269. The monoisotopic (exact) mass is 267 g/mol. The first-order chi connectivity index (χ1) is 5.20. The molecule has 0 saturated heterocycles. The molecule has 1 unspecified atom stereocenters. The average Bonchev–Trinajstić information content (AvgIpc) is 2.01. The maximum atomic E-state index is 10.7. The number of carbonyl (C=O) groups excluding carboxylic acids is 1. The fourth-order valence-electron chi connectivity index (χ4n) is 0.442. The van der Waals surface area contributed by atoms with Crippen molar-refractivity contribution < 1.29 is 9.90 Å². The van der Waals surface area contributed by atoms with E-state index < -0.39 is 6.10 Å². The highest BCUT2D eigenvalue weighted by molar-refractivity contribution is 14.1. The van der Waals surface area contributed by atoms with E-state index in [2.05, 4.69) is 15.2 Å². The van der Waals surface area contributed by atoms with Crippen LogP contribution in [-0.4, -0.2) is 23.7 Å². The van der Waals surface area contributed by atoms with Crippen LogP contribution >= 0.6 is 22.6 Å². The van der Waals surface area contributed by atoms with Gasteiger partial charge in [0.05, 0.1) is 6.10 Å². The minimum absolute atomic E-state index is 0.278. The number of aliphatic hydroxyl groups excluding tert-OH is 1. The van der Waals surface area contributed by atoms with Gasteiger partial charge in [-0.3, -0.25) is 4.79 Å². The van der Waals surface area contributed by atoms with E-state index in [1.165, 1.54) is 0 Å². The summed E-state index contributed by atoms with van der Waals surface area (Å²) in [5.74, 6) is 1.96. The molecule has 1 atom stereocenters. The van der Waals surface area contributed by atoms with Crippen molar-refractivity contribution in [3.05, 3.63) is 0 Å². The van der Waals surface area contributed by atoms with Crippen molar-refractivity contribution in [3.63, 3.8) is 0 Å². The lowest BCUT2D eigenvalue weighted by Gasteiger charge is -2.05. The van der Waals surface area contributed by atoms with Crippen LogP contribution in [0.4, 0.5) is 0 Å². The molecule has 0 aliphatic carbocycles. The third kappa shape index (κ3) is 6.13. The Bertz CT molecular complexity index is 183. The molecule has 0 bridgehead atoms. The van der Waals surface area contributed by atoms with E-state index in [4.69, 9.17) is 5.11 Å². The molecule has 0 aromatic carbocycles. The fourth-order valence-corrected chi connectivity index (χ4v) is 0.687. The van der Waals surface area contributed by atoms with Gasteiger partial charge in [-0.05, 0) is 10.3 Å². The molecule has 3 nitrogen and oxygen atoms in total. The number of halogens is 1. The van der Waals surface area contributed by atoms with E-state index >= 15 is 0 Å². The maximum absolute atomic E-state index is 10.7. The van der Waals surface area contributed by atoms with Crippen LogP contribution in [0.25, 0.3) is 0 Å². The molecule has 0 rings (SSSR count). The summed E-state index contributed by atoms with van der Waals surface area (Å²) in [4.78, 5) is 10.7. The molecule has 1 amide bonds. The molecule has 11 heavy (non-hydrogen) atoms. The summed E-state index contributed by atoms with van der Waals surface area (Å²) in [6, 6.07) is 0. The minimum Gasteiger partial charge on any atom is -0.391 e. The summed E-state index contributed by atoms with van der Waals surface area (Å²) in [5.41, 5.74) is 0. The predicted molar refractivity (Wildman–Crippen MR) is 51.1 cm³/mol. The van der Waals surface area contributed by atoms with Gasteiger partial charge in [-0.15, -0.1) is 0 Å². The van der Waals surface area contributed by atoms with Crippen LogP contribution in [-0.2, 0) is 4.79 Å². The van der Waals surface area contributed by atoms with Gasteiger partial charge in [0.25, 0.3) is 5.91 Å². The average molecular weight is 267 g/mol. The van der Waals surface area contributed by atoms with Gasteiger partial charge in [0.2, 0.25) is 0 Å². The second kappa shape index (κ2) is 6.43. The van der Waals surface area contributed by atoms with Crippen molar-refractivity contribution in [1.82, 2.24) is 5.32 Å². The first-order valence-corrected chi connectivity index (χ1v) is 4.36. The standard InChI is InChI=1S/C7H10INO2/c1-2-6(10)5-9-7(11)3-4-8/h6,10H,2,5H2,1H3,(H,9,11). The highest BCUT2D eigenvalue weighted by Gasteiger charge is 2.01. The van der Waals surface area contributed by atoms with E-state index in [1.807, 2.05) is 6.92 Å². The quantitative estimate of drug-likeness (QED) is 0.569. The van der Waals surface area contributed by atoms with Gasteiger partial charge in [-0.2, -0.15) is 0 Å². The van der Waals surface area contributed by atoms with Gasteiger partial charge in [-0.1, -0.05) is 6.92 Å². The van der Waals surface area contributed by atoms with Crippen LogP contribution < -0.4 is 5.32 Å². The van der Waals surface area contributed by atoms with E-state index in [9.17, 15) is 4.79 Å². The van der Waals surface area contributed by atoms with Crippen molar-refractivity contribution in [1.29, 1.82) is 0 Å². The molecule has 62 valence electrons. The lowest BCUT2D eigenvalue weighted by Crippen LogP contribution is -2.30. The second-order valence-corrected chi connectivity index (χ2v) is 2.53. The van der Waals surface area contributed by atoms with E-state index in [0.717, 1.165) is 0 Å². The highest BCUT2D eigenvalue weighted by Crippen LogP contribution is 1.85. The first kappa shape index (κ1) is 10.7. The van der Waals surface area contributed by atoms with Crippen LogP contribution in [0.1, 0.15) is 13.3 Å². The molecule has 0 spiro atoms. The molecular weight excluding hydrogens is 257 g/mol. The van der Waals surface area contributed by atoms with Crippen LogP contribution in [0.2, 0.25) is 0 Å². The normalized spacial score (nSPS) is 11.2. The van der Waals surface area contributed by atoms with Gasteiger partial charge < -0.3 is 10.4 Å². The lowest BCUT2D eigenvalue weighted by atomic mass is 10.3. The van der Waals surface area contributed by atoms with Crippen LogP contribution in [0, 0.1) is 9.85 Å². The van der Waals surface area contributed by atoms with E-state index in [1.54, 1.807) is 22.6 Å². The molecule has 2 N–H and O–H groups in total. The zero-order valence-electron chi connectivity index (χ0n) is 6.22. The Balaban J connectivity index is 3.51. The summed E-state index contributed by atoms with van der Waals surface area (Å²) >= 11 is 1.78. The molecule has 0 fully saturated rings. The van der Waals surface area contributed by atoms with E-state index in [0.29, 0.717) is 6.42 Å². The van der Waals surface area contributed by atoms with Crippen molar-refractivity contribution in [2.75, 3.05) is 6.54 Å². The molecule has 0 saturated carbocycles. The summed E-state index contributed by atoms with van der Waals surface area (Å²) < 4.78 is 2.44. The van der Waals surface area contributed by atoms with Crippen molar-refractivity contribution >= 4 is 28.5 Å². The topological polar surface area (TPSA) is 49.3 Å². The Labute approximate surface area is 79.7 Å². The number of amides is 1.